The van der Waals surface area contributed by atoms with E-state index < -0.39 is 0 Å². The summed E-state index contributed by atoms with van der Waals surface area (Å²) in [6.45, 7) is 3.99. The first-order valence-electron chi connectivity index (χ1n) is 6.32. The molecular formula is C15H16N2O2S. The standard InChI is InChI=1S/C15H16N2O2S/c1-4-19-15(18)13-10(2)17-14(20-13)12-7-5-11(6-8-12)9-16-3/h5-9H,4H2,1-3H3. The molecule has 1 heterocycles. The van der Waals surface area contributed by atoms with Gasteiger partial charge in [-0.25, -0.2) is 9.78 Å². The quantitative estimate of drug-likeness (QED) is 0.640. The zero-order chi connectivity index (χ0) is 14.5. The predicted molar refractivity (Wildman–Crippen MR) is 81.8 cm³/mol. The van der Waals surface area contributed by atoms with Gasteiger partial charge in [0.15, 0.2) is 0 Å². The van der Waals surface area contributed by atoms with Crippen molar-refractivity contribution in [1.29, 1.82) is 0 Å². The largest absolute Gasteiger partial charge is 0.462 e. The number of aromatic nitrogens is 1. The zero-order valence-corrected chi connectivity index (χ0v) is 12.5. The highest BCUT2D eigenvalue weighted by molar-refractivity contribution is 7.17. The summed E-state index contributed by atoms with van der Waals surface area (Å²) in [7, 11) is 1.74. The van der Waals surface area contributed by atoms with Crippen LogP contribution in [0, 0.1) is 6.92 Å². The Balaban J connectivity index is 2.29. The fraction of sp³-hybridized carbons (Fsp3) is 0.267. The summed E-state index contributed by atoms with van der Waals surface area (Å²) in [6, 6.07) is 7.90. The van der Waals surface area contributed by atoms with Crippen molar-refractivity contribution in [3.63, 3.8) is 0 Å². The van der Waals surface area contributed by atoms with Crippen LogP contribution in [0.15, 0.2) is 29.3 Å². The molecule has 2 rings (SSSR count). The molecule has 0 radical (unpaired) electrons. The monoisotopic (exact) mass is 288 g/mol. The van der Waals surface area contributed by atoms with Gasteiger partial charge in [0.25, 0.3) is 0 Å². The molecule has 0 aliphatic heterocycles. The Labute approximate surface area is 122 Å². The van der Waals surface area contributed by atoms with E-state index >= 15 is 0 Å². The Morgan fingerprint density at radius 1 is 1.40 bits per heavy atom. The highest BCUT2D eigenvalue weighted by Crippen LogP contribution is 2.28. The molecule has 0 saturated heterocycles. The number of hydrogen-bond donors (Lipinski definition) is 0. The maximum atomic E-state index is 11.8. The molecule has 20 heavy (non-hydrogen) atoms. The van der Waals surface area contributed by atoms with E-state index in [9.17, 15) is 4.79 Å². The highest BCUT2D eigenvalue weighted by Gasteiger charge is 2.16. The average Bonchev–Trinajstić information content (AvgIpc) is 2.82. The molecule has 0 fully saturated rings. The smallest absolute Gasteiger partial charge is 0.350 e. The third-order valence-electron chi connectivity index (χ3n) is 2.69. The molecule has 104 valence electrons. The van der Waals surface area contributed by atoms with Crippen molar-refractivity contribution in [2.24, 2.45) is 4.99 Å². The Kier molecular flexibility index (Phi) is 4.63. The Morgan fingerprint density at radius 2 is 2.10 bits per heavy atom. The van der Waals surface area contributed by atoms with Gasteiger partial charge in [-0.3, -0.25) is 4.99 Å². The fourth-order valence-corrected chi connectivity index (χ4v) is 2.73. The lowest BCUT2D eigenvalue weighted by molar-refractivity contribution is 0.0531. The second-order valence-electron chi connectivity index (χ2n) is 4.16. The van der Waals surface area contributed by atoms with Gasteiger partial charge in [-0.2, -0.15) is 0 Å². The maximum Gasteiger partial charge on any atom is 0.350 e. The van der Waals surface area contributed by atoms with Crippen molar-refractivity contribution in [2.45, 2.75) is 13.8 Å². The van der Waals surface area contributed by atoms with Crippen LogP contribution in [-0.4, -0.2) is 30.8 Å². The van der Waals surface area contributed by atoms with Gasteiger partial charge < -0.3 is 4.74 Å². The van der Waals surface area contributed by atoms with Gasteiger partial charge in [0, 0.05) is 18.8 Å². The minimum atomic E-state index is -0.302. The second-order valence-corrected chi connectivity index (χ2v) is 5.16. The van der Waals surface area contributed by atoms with Crippen molar-refractivity contribution < 1.29 is 9.53 Å². The molecule has 0 aliphatic carbocycles. The number of ether oxygens (including phenoxy) is 1. The number of aliphatic imine (C=N–C) groups is 1. The van der Waals surface area contributed by atoms with Gasteiger partial charge in [-0.15, -0.1) is 11.3 Å². The SMILES string of the molecule is CCOC(=O)c1sc(-c2ccc(C=NC)cc2)nc1C. The Hall–Kier alpha value is -2.01. The molecule has 5 heteroatoms. The van der Waals surface area contributed by atoms with Crippen LogP contribution in [0.1, 0.15) is 27.9 Å². The van der Waals surface area contributed by atoms with E-state index in [4.69, 9.17) is 4.74 Å². The molecule has 0 bridgehead atoms. The predicted octanol–water partition coefficient (Wildman–Crippen LogP) is 3.34. The minimum Gasteiger partial charge on any atom is -0.462 e. The lowest BCUT2D eigenvalue weighted by atomic mass is 10.1. The lowest BCUT2D eigenvalue weighted by Gasteiger charge is -1.98. The van der Waals surface area contributed by atoms with Crippen molar-refractivity contribution in [2.75, 3.05) is 13.7 Å². The third-order valence-corrected chi connectivity index (χ3v) is 3.88. The van der Waals surface area contributed by atoms with E-state index in [1.54, 1.807) is 20.2 Å². The fourth-order valence-electron chi connectivity index (χ4n) is 1.77. The van der Waals surface area contributed by atoms with Crippen LogP contribution in [0.3, 0.4) is 0 Å². The molecule has 0 unspecified atom stereocenters. The van der Waals surface area contributed by atoms with E-state index in [2.05, 4.69) is 9.98 Å². The van der Waals surface area contributed by atoms with Crippen LogP contribution in [0.25, 0.3) is 10.6 Å². The average molecular weight is 288 g/mol. The van der Waals surface area contributed by atoms with Crippen molar-refractivity contribution in [3.8, 4) is 10.6 Å². The number of esters is 1. The van der Waals surface area contributed by atoms with E-state index in [-0.39, 0.29) is 5.97 Å². The van der Waals surface area contributed by atoms with Gasteiger partial charge in [0.1, 0.15) is 9.88 Å². The van der Waals surface area contributed by atoms with Crippen LogP contribution in [0.4, 0.5) is 0 Å². The summed E-state index contributed by atoms with van der Waals surface area (Å²) in [5.74, 6) is -0.302. The van der Waals surface area contributed by atoms with Crippen molar-refractivity contribution in [3.05, 3.63) is 40.4 Å². The van der Waals surface area contributed by atoms with Gasteiger partial charge in [0.2, 0.25) is 0 Å². The maximum absolute atomic E-state index is 11.8. The number of hydrogen-bond acceptors (Lipinski definition) is 5. The second kappa shape index (κ2) is 6.43. The number of rotatable bonds is 4. The number of thiazole rings is 1. The summed E-state index contributed by atoms with van der Waals surface area (Å²) >= 11 is 1.36. The zero-order valence-electron chi connectivity index (χ0n) is 11.7. The normalized spacial score (nSPS) is 10.9. The number of carbonyl (C=O) groups excluding carboxylic acids is 1. The summed E-state index contributed by atoms with van der Waals surface area (Å²) in [6.07, 6.45) is 1.79. The molecule has 0 spiro atoms. The highest BCUT2D eigenvalue weighted by atomic mass is 32.1. The molecule has 0 aliphatic rings. The van der Waals surface area contributed by atoms with Crippen LogP contribution >= 0.6 is 11.3 Å². The first-order valence-corrected chi connectivity index (χ1v) is 7.14. The molecular weight excluding hydrogens is 272 g/mol. The number of nitrogens with zero attached hydrogens (tertiary/aromatic N) is 2. The third kappa shape index (κ3) is 3.11. The van der Waals surface area contributed by atoms with Gasteiger partial charge >= 0.3 is 5.97 Å². The van der Waals surface area contributed by atoms with Gasteiger partial charge in [-0.1, -0.05) is 24.3 Å². The topological polar surface area (TPSA) is 51.5 Å². The van der Waals surface area contributed by atoms with Crippen molar-refractivity contribution >= 4 is 23.5 Å². The minimum absolute atomic E-state index is 0.302. The number of carbonyl (C=O) groups is 1. The molecule has 1 aromatic carbocycles. The molecule has 0 saturated carbocycles. The summed E-state index contributed by atoms with van der Waals surface area (Å²) in [5, 5.41) is 0.825. The molecule has 4 nitrogen and oxygen atoms in total. The van der Waals surface area contributed by atoms with Gasteiger partial charge in [-0.05, 0) is 19.4 Å². The molecule has 0 N–H and O–H groups in total. The van der Waals surface area contributed by atoms with E-state index in [0.717, 1.165) is 16.1 Å². The molecule has 1 aromatic heterocycles. The van der Waals surface area contributed by atoms with Crippen LogP contribution < -0.4 is 0 Å². The van der Waals surface area contributed by atoms with Crippen LogP contribution in [0.2, 0.25) is 0 Å². The Bertz CT molecular complexity index is 630. The van der Waals surface area contributed by atoms with E-state index in [0.29, 0.717) is 17.2 Å². The van der Waals surface area contributed by atoms with Crippen molar-refractivity contribution in [1.82, 2.24) is 4.98 Å². The lowest BCUT2D eigenvalue weighted by Crippen LogP contribution is -2.03. The first-order chi connectivity index (χ1) is 9.65. The summed E-state index contributed by atoms with van der Waals surface area (Å²) < 4.78 is 5.02. The number of benzene rings is 1. The summed E-state index contributed by atoms with van der Waals surface area (Å²) in [4.78, 5) is 20.8. The summed E-state index contributed by atoms with van der Waals surface area (Å²) in [5.41, 5.74) is 2.74. The van der Waals surface area contributed by atoms with E-state index in [1.165, 1.54) is 11.3 Å². The Morgan fingerprint density at radius 3 is 2.70 bits per heavy atom. The van der Waals surface area contributed by atoms with Crippen LogP contribution in [0.5, 0.6) is 0 Å². The number of aryl methyl sites for hydroxylation is 1. The van der Waals surface area contributed by atoms with Crippen LogP contribution in [-0.2, 0) is 4.74 Å². The van der Waals surface area contributed by atoms with Gasteiger partial charge in [0.05, 0.1) is 12.3 Å². The molecule has 2 aromatic rings. The molecule has 0 atom stereocenters. The molecule has 0 amide bonds. The van der Waals surface area contributed by atoms with E-state index in [1.807, 2.05) is 31.2 Å². The first kappa shape index (κ1) is 14.4.